The Morgan fingerprint density at radius 2 is 1.88 bits per heavy atom. The van der Waals surface area contributed by atoms with Crippen LogP contribution in [0.4, 0.5) is 4.79 Å². The monoisotopic (exact) mass is 342 g/mol. The number of nitrogens with one attached hydrogen (secondary N) is 1. The lowest BCUT2D eigenvalue weighted by molar-refractivity contribution is -0.0672. The first-order valence-electron chi connectivity index (χ1n) is 9.15. The van der Waals surface area contributed by atoms with Crippen molar-refractivity contribution in [2.75, 3.05) is 33.4 Å². The van der Waals surface area contributed by atoms with Crippen LogP contribution in [0.3, 0.4) is 0 Å². The third-order valence-electron chi connectivity index (χ3n) is 4.97. The number of piperidine rings is 1. The molecule has 6 nitrogen and oxygen atoms in total. The van der Waals surface area contributed by atoms with E-state index in [1.807, 2.05) is 27.7 Å². The van der Waals surface area contributed by atoms with Crippen LogP contribution in [0.25, 0.3) is 0 Å². The van der Waals surface area contributed by atoms with Crippen LogP contribution in [0.15, 0.2) is 0 Å². The molecular formula is C18H34N2O4. The van der Waals surface area contributed by atoms with Crippen LogP contribution in [0, 0.1) is 0 Å². The van der Waals surface area contributed by atoms with Crippen LogP contribution in [-0.4, -0.2) is 67.7 Å². The molecule has 0 aromatic carbocycles. The van der Waals surface area contributed by atoms with Crippen molar-refractivity contribution in [1.29, 1.82) is 0 Å². The maximum absolute atomic E-state index is 12.2. The van der Waals surface area contributed by atoms with Gasteiger partial charge in [-0.3, -0.25) is 0 Å². The molecular weight excluding hydrogens is 308 g/mol. The normalized spacial score (nSPS) is 26.8. The van der Waals surface area contributed by atoms with Crippen LogP contribution in [-0.2, 0) is 14.2 Å². The Bertz CT molecular complexity index is 408. The highest BCUT2D eigenvalue weighted by Crippen LogP contribution is 2.29. The molecule has 140 valence electrons. The minimum atomic E-state index is -0.449. The summed E-state index contributed by atoms with van der Waals surface area (Å²) < 4.78 is 16.9. The third-order valence-corrected chi connectivity index (χ3v) is 4.97. The second kappa shape index (κ2) is 8.02. The highest BCUT2D eigenvalue weighted by molar-refractivity contribution is 5.68. The quantitative estimate of drug-likeness (QED) is 0.804. The van der Waals surface area contributed by atoms with E-state index in [9.17, 15) is 4.79 Å². The Kier molecular flexibility index (Phi) is 6.51. The molecule has 2 fully saturated rings. The molecule has 1 aliphatic heterocycles. The van der Waals surface area contributed by atoms with Crippen molar-refractivity contribution in [3.05, 3.63) is 0 Å². The largest absolute Gasteiger partial charge is 0.444 e. The lowest BCUT2D eigenvalue weighted by atomic mass is 9.86. The second-order valence-electron chi connectivity index (χ2n) is 7.98. The summed E-state index contributed by atoms with van der Waals surface area (Å²) in [5.41, 5.74) is -0.634. The molecule has 0 bridgehead atoms. The smallest absolute Gasteiger partial charge is 0.410 e. The van der Waals surface area contributed by atoms with E-state index < -0.39 is 5.60 Å². The number of carbonyl (C=O) groups excluding carboxylic acids is 1. The molecule has 0 unspecified atom stereocenters. The molecule has 0 atom stereocenters. The standard InChI is InChI=1S/C18H34N2O4/c1-6-23-15-11-14(12-15)19-13-18(22-5)7-9-20(10-8-18)16(21)24-17(2,3)4/h14-15,19H,6-13H2,1-5H3. The van der Waals surface area contributed by atoms with E-state index in [4.69, 9.17) is 14.2 Å². The molecule has 1 saturated carbocycles. The van der Waals surface area contributed by atoms with Gasteiger partial charge in [0.05, 0.1) is 11.7 Å². The van der Waals surface area contributed by atoms with E-state index in [2.05, 4.69) is 5.32 Å². The maximum atomic E-state index is 12.2. The van der Waals surface area contributed by atoms with Gasteiger partial charge in [-0.2, -0.15) is 0 Å². The zero-order chi connectivity index (χ0) is 17.8. The van der Waals surface area contributed by atoms with Gasteiger partial charge >= 0.3 is 6.09 Å². The summed E-state index contributed by atoms with van der Waals surface area (Å²) in [5.74, 6) is 0. The summed E-state index contributed by atoms with van der Waals surface area (Å²) in [6.07, 6.45) is 4.02. The summed E-state index contributed by atoms with van der Waals surface area (Å²) in [6, 6.07) is 0.525. The van der Waals surface area contributed by atoms with E-state index in [-0.39, 0.29) is 11.7 Å². The Hall–Kier alpha value is -0.850. The van der Waals surface area contributed by atoms with Gasteiger partial charge in [-0.05, 0) is 53.4 Å². The van der Waals surface area contributed by atoms with Gasteiger partial charge in [-0.25, -0.2) is 4.79 Å². The van der Waals surface area contributed by atoms with Crippen LogP contribution in [0.1, 0.15) is 53.4 Å². The summed E-state index contributed by atoms with van der Waals surface area (Å²) >= 11 is 0. The molecule has 1 saturated heterocycles. The summed E-state index contributed by atoms with van der Waals surface area (Å²) in [6.45, 7) is 10.7. The predicted octanol–water partition coefficient (Wildman–Crippen LogP) is 2.56. The molecule has 0 aromatic rings. The maximum Gasteiger partial charge on any atom is 0.410 e. The molecule has 0 radical (unpaired) electrons. The summed E-state index contributed by atoms with van der Waals surface area (Å²) in [4.78, 5) is 14.0. The lowest BCUT2D eigenvalue weighted by Gasteiger charge is -2.43. The number of likely N-dealkylation sites (tertiary alicyclic amines) is 1. The Morgan fingerprint density at radius 3 is 2.38 bits per heavy atom. The van der Waals surface area contributed by atoms with Gasteiger partial charge in [0, 0.05) is 39.4 Å². The highest BCUT2D eigenvalue weighted by Gasteiger charge is 2.39. The van der Waals surface area contributed by atoms with Crippen molar-refractivity contribution >= 4 is 6.09 Å². The number of hydrogen-bond donors (Lipinski definition) is 1. The molecule has 1 aliphatic carbocycles. The number of nitrogens with zero attached hydrogens (tertiary/aromatic N) is 1. The van der Waals surface area contributed by atoms with Gasteiger partial charge in [0.2, 0.25) is 0 Å². The summed E-state index contributed by atoms with van der Waals surface area (Å²) in [5, 5.41) is 3.61. The van der Waals surface area contributed by atoms with E-state index >= 15 is 0 Å². The second-order valence-corrected chi connectivity index (χ2v) is 7.98. The Labute approximate surface area is 146 Å². The van der Waals surface area contributed by atoms with Crippen molar-refractivity contribution in [3.8, 4) is 0 Å². The van der Waals surface area contributed by atoms with Gasteiger partial charge in [0.1, 0.15) is 5.60 Å². The van der Waals surface area contributed by atoms with E-state index in [0.29, 0.717) is 25.2 Å². The zero-order valence-electron chi connectivity index (χ0n) is 15.9. The number of hydrogen-bond acceptors (Lipinski definition) is 5. The van der Waals surface area contributed by atoms with Gasteiger partial charge < -0.3 is 24.4 Å². The summed E-state index contributed by atoms with van der Waals surface area (Å²) in [7, 11) is 1.77. The number of amides is 1. The van der Waals surface area contributed by atoms with Gasteiger partial charge in [-0.1, -0.05) is 0 Å². The zero-order valence-corrected chi connectivity index (χ0v) is 15.9. The SMILES string of the molecule is CCOC1CC(NCC2(OC)CCN(C(=O)OC(C)(C)C)CC2)C1. The average Bonchev–Trinajstić information content (AvgIpc) is 2.48. The van der Waals surface area contributed by atoms with Crippen molar-refractivity contribution in [2.24, 2.45) is 0 Å². The number of rotatable bonds is 6. The molecule has 1 amide bonds. The van der Waals surface area contributed by atoms with Crippen molar-refractivity contribution in [3.63, 3.8) is 0 Å². The Morgan fingerprint density at radius 1 is 1.25 bits per heavy atom. The lowest BCUT2D eigenvalue weighted by Crippen LogP contribution is -2.56. The molecule has 0 aromatic heterocycles. The molecule has 2 aliphatic rings. The molecule has 24 heavy (non-hydrogen) atoms. The fraction of sp³-hybridized carbons (Fsp3) is 0.944. The number of ether oxygens (including phenoxy) is 3. The van der Waals surface area contributed by atoms with Crippen LogP contribution < -0.4 is 5.32 Å². The van der Waals surface area contributed by atoms with Gasteiger partial charge in [0.15, 0.2) is 0 Å². The number of methoxy groups -OCH3 is 1. The van der Waals surface area contributed by atoms with E-state index in [1.54, 1.807) is 12.0 Å². The minimum Gasteiger partial charge on any atom is -0.444 e. The van der Waals surface area contributed by atoms with Crippen LogP contribution in [0.5, 0.6) is 0 Å². The fourth-order valence-corrected chi connectivity index (χ4v) is 3.31. The van der Waals surface area contributed by atoms with Crippen molar-refractivity contribution < 1.29 is 19.0 Å². The van der Waals surface area contributed by atoms with Gasteiger partial charge in [-0.15, -0.1) is 0 Å². The first kappa shape index (κ1) is 19.5. The average molecular weight is 342 g/mol. The molecule has 0 spiro atoms. The first-order chi connectivity index (χ1) is 11.3. The first-order valence-corrected chi connectivity index (χ1v) is 9.15. The van der Waals surface area contributed by atoms with E-state index in [1.165, 1.54) is 0 Å². The van der Waals surface area contributed by atoms with Gasteiger partial charge in [0.25, 0.3) is 0 Å². The van der Waals surface area contributed by atoms with Crippen molar-refractivity contribution in [2.45, 2.75) is 76.7 Å². The highest BCUT2D eigenvalue weighted by atomic mass is 16.6. The van der Waals surface area contributed by atoms with Crippen LogP contribution in [0.2, 0.25) is 0 Å². The third kappa shape index (κ3) is 5.33. The fourth-order valence-electron chi connectivity index (χ4n) is 3.31. The van der Waals surface area contributed by atoms with E-state index in [0.717, 1.165) is 38.8 Å². The molecule has 1 N–H and O–H groups in total. The minimum absolute atomic E-state index is 0.185. The van der Waals surface area contributed by atoms with Crippen molar-refractivity contribution in [1.82, 2.24) is 10.2 Å². The molecule has 6 heteroatoms. The predicted molar refractivity (Wildman–Crippen MR) is 93.2 cm³/mol. The number of carbonyl (C=O) groups is 1. The topological polar surface area (TPSA) is 60.0 Å². The molecule has 1 heterocycles. The molecule has 2 rings (SSSR count). The Balaban J connectivity index is 1.74. The van der Waals surface area contributed by atoms with Crippen LogP contribution >= 0.6 is 0 Å².